The van der Waals surface area contributed by atoms with Gasteiger partial charge in [-0.15, -0.1) is 0 Å². The average molecular weight is 312 g/mol. The van der Waals surface area contributed by atoms with E-state index in [0.717, 1.165) is 39.3 Å². The molecule has 116 valence electrons. The number of piperazine rings is 1. The minimum absolute atomic E-state index is 0.253. The summed E-state index contributed by atoms with van der Waals surface area (Å²) in [5, 5.41) is 5.83. The first-order chi connectivity index (χ1) is 10.2. The van der Waals surface area contributed by atoms with Crippen molar-refractivity contribution in [2.24, 2.45) is 0 Å². The van der Waals surface area contributed by atoms with E-state index in [-0.39, 0.29) is 6.03 Å². The standard InChI is InChI=1S/C14H22ClN5O/c1-2-19-8-10-20(11-9-19)7-6-17-14(21)18-12-4-3-5-16-13(12)15/h3-5H,2,6-11H2,1H3,(H2,17,18,21). The first-order valence-electron chi connectivity index (χ1n) is 7.29. The largest absolute Gasteiger partial charge is 0.337 e. The van der Waals surface area contributed by atoms with Crippen LogP contribution < -0.4 is 10.6 Å². The van der Waals surface area contributed by atoms with E-state index in [9.17, 15) is 4.79 Å². The Morgan fingerprint density at radius 3 is 2.71 bits per heavy atom. The molecule has 1 saturated heterocycles. The van der Waals surface area contributed by atoms with Crippen LogP contribution in [-0.4, -0.2) is 66.6 Å². The maximum atomic E-state index is 11.8. The van der Waals surface area contributed by atoms with Gasteiger partial charge in [0.15, 0.2) is 5.15 Å². The lowest BCUT2D eigenvalue weighted by molar-refractivity contribution is 0.138. The lowest BCUT2D eigenvalue weighted by atomic mass is 10.3. The van der Waals surface area contributed by atoms with E-state index in [0.29, 0.717) is 17.4 Å². The van der Waals surface area contributed by atoms with Crippen molar-refractivity contribution in [1.29, 1.82) is 0 Å². The first-order valence-corrected chi connectivity index (χ1v) is 7.67. The molecule has 6 nitrogen and oxygen atoms in total. The number of pyridine rings is 1. The number of hydrogen-bond donors (Lipinski definition) is 2. The summed E-state index contributed by atoms with van der Waals surface area (Å²) in [6, 6.07) is 3.20. The van der Waals surface area contributed by atoms with Crippen molar-refractivity contribution in [2.75, 3.05) is 51.1 Å². The van der Waals surface area contributed by atoms with Gasteiger partial charge in [-0.1, -0.05) is 18.5 Å². The molecule has 0 spiro atoms. The zero-order valence-electron chi connectivity index (χ0n) is 12.3. The Hall–Kier alpha value is -1.37. The summed E-state index contributed by atoms with van der Waals surface area (Å²) in [4.78, 5) is 20.5. The highest BCUT2D eigenvalue weighted by atomic mass is 35.5. The number of carbonyl (C=O) groups is 1. The van der Waals surface area contributed by atoms with Gasteiger partial charge in [0.1, 0.15) is 0 Å². The van der Waals surface area contributed by atoms with Crippen LogP contribution in [0, 0.1) is 0 Å². The van der Waals surface area contributed by atoms with Crippen molar-refractivity contribution in [3.63, 3.8) is 0 Å². The molecule has 1 aromatic heterocycles. The number of halogens is 1. The minimum Gasteiger partial charge on any atom is -0.337 e. The molecule has 0 unspecified atom stereocenters. The van der Waals surface area contributed by atoms with Crippen LogP contribution in [0.25, 0.3) is 0 Å². The van der Waals surface area contributed by atoms with Gasteiger partial charge < -0.3 is 15.5 Å². The van der Waals surface area contributed by atoms with Crippen LogP contribution in [-0.2, 0) is 0 Å². The number of nitrogens with zero attached hydrogens (tertiary/aromatic N) is 3. The molecular weight excluding hydrogens is 290 g/mol. The summed E-state index contributed by atoms with van der Waals surface area (Å²) >= 11 is 5.89. The van der Waals surface area contributed by atoms with Gasteiger partial charge in [-0.2, -0.15) is 0 Å². The van der Waals surface area contributed by atoms with Crippen molar-refractivity contribution >= 4 is 23.3 Å². The second-order valence-electron chi connectivity index (χ2n) is 5.00. The lowest BCUT2D eigenvalue weighted by Crippen LogP contribution is -2.48. The quantitative estimate of drug-likeness (QED) is 0.809. The fourth-order valence-electron chi connectivity index (χ4n) is 2.30. The maximum Gasteiger partial charge on any atom is 0.319 e. The van der Waals surface area contributed by atoms with Gasteiger partial charge in [-0.25, -0.2) is 9.78 Å². The van der Waals surface area contributed by atoms with Gasteiger partial charge in [-0.3, -0.25) is 4.90 Å². The zero-order valence-corrected chi connectivity index (χ0v) is 13.1. The van der Waals surface area contributed by atoms with Crippen LogP contribution in [0.5, 0.6) is 0 Å². The number of rotatable bonds is 5. The number of likely N-dealkylation sites (N-methyl/N-ethyl adjacent to an activating group) is 1. The molecule has 1 fully saturated rings. The minimum atomic E-state index is -0.253. The van der Waals surface area contributed by atoms with Gasteiger partial charge in [0.05, 0.1) is 5.69 Å². The van der Waals surface area contributed by atoms with E-state index in [1.54, 1.807) is 18.3 Å². The Labute approximate surface area is 130 Å². The molecule has 1 aliphatic heterocycles. The molecule has 0 radical (unpaired) electrons. The fraction of sp³-hybridized carbons (Fsp3) is 0.571. The van der Waals surface area contributed by atoms with Gasteiger partial charge >= 0.3 is 6.03 Å². The Morgan fingerprint density at radius 2 is 2.05 bits per heavy atom. The summed E-state index contributed by atoms with van der Waals surface area (Å²) in [5.74, 6) is 0. The molecule has 2 amide bonds. The summed E-state index contributed by atoms with van der Waals surface area (Å²) in [6.45, 7) is 9.12. The number of nitrogens with one attached hydrogen (secondary N) is 2. The molecule has 2 rings (SSSR count). The van der Waals surface area contributed by atoms with Gasteiger partial charge in [-0.05, 0) is 18.7 Å². The van der Waals surface area contributed by atoms with Crippen LogP contribution in [0.1, 0.15) is 6.92 Å². The molecule has 1 aliphatic rings. The van der Waals surface area contributed by atoms with Crippen molar-refractivity contribution in [3.05, 3.63) is 23.5 Å². The average Bonchev–Trinajstić information content (AvgIpc) is 2.50. The van der Waals surface area contributed by atoms with E-state index >= 15 is 0 Å². The zero-order chi connectivity index (χ0) is 15.1. The SMILES string of the molecule is CCN1CCN(CCNC(=O)Nc2cccnc2Cl)CC1. The third kappa shape index (κ3) is 5.15. The molecule has 2 N–H and O–H groups in total. The molecule has 0 aromatic carbocycles. The highest BCUT2D eigenvalue weighted by Gasteiger charge is 2.15. The van der Waals surface area contributed by atoms with Crippen molar-refractivity contribution in [3.8, 4) is 0 Å². The second kappa shape index (κ2) is 8.17. The molecular formula is C14H22ClN5O. The van der Waals surface area contributed by atoms with E-state index in [1.807, 2.05) is 0 Å². The third-order valence-corrected chi connectivity index (χ3v) is 3.93. The number of amides is 2. The van der Waals surface area contributed by atoms with Crippen molar-refractivity contribution < 1.29 is 4.79 Å². The van der Waals surface area contributed by atoms with Crippen LogP contribution in [0.4, 0.5) is 10.5 Å². The van der Waals surface area contributed by atoms with Gasteiger partial charge in [0.25, 0.3) is 0 Å². The van der Waals surface area contributed by atoms with E-state index < -0.39 is 0 Å². The first kappa shape index (κ1) is 16.0. The Kier molecular flexibility index (Phi) is 6.22. The highest BCUT2D eigenvalue weighted by molar-refractivity contribution is 6.32. The fourth-order valence-corrected chi connectivity index (χ4v) is 2.47. The monoisotopic (exact) mass is 311 g/mol. The third-order valence-electron chi connectivity index (χ3n) is 3.63. The van der Waals surface area contributed by atoms with E-state index in [1.165, 1.54) is 0 Å². The summed E-state index contributed by atoms with van der Waals surface area (Å²) in [7, 11) is 0. The molecule has 2 heterocycles. The molecule has 0 bridgehead atoms. The Morgan fingerprint density at radius 1 is 1.33 bits per heavy atom. The number of aromatic nitrogens is 1. The highest BCUT2D eigenvalue weighted by Crippen LogP contribution is 2.16. The van der Waals surface area contributed by atoms with Gasteiger partial charge in [0.2, 0.25) is 0 Å². The number of urea groups is 1. The normalized spacial score (nSPS) is 16.7. The second-order valence-corrected chi connectivity index (χ2v) is 5.36. The van der Waals surface area contributed by atoms with Crippen LogP contribution >= 0.6 is 11.6 Å². The molecule has 0 saturated carbocycles. The molecule has 0 aliphatic carbocycles. The van der Waals surface area contributed by atoms with Crippen LogP contribution in [0.3, 0.4) is 0 Å². The lowest BCUT2D eigenvalue weighted by Gasteiger charge is -2.33. The van der Waals surface area contributed by atoms with Crippen LogP contribution in [0.15, 0.2) is 18.3 Å². The number of hydrogen-bond acceptors (Lipinski definition) is 4. The topological polar surface area (TPSA) is 60.5 Å². The molecule has 1 aromatic rings. The summed E-state index contributed by atoms with van der Waals surface area (Å²) < 4.78 is 0. The Bertz CT molecular complexity index is 462. The van der Waals surface area contributed by atoms with Crippen LogP contribution in [0.2, 0.25) is 5.15 Å². The summed E-state index contributed by atoms with van der Waals surface area (Å²) in [5.41, 5.74) is 0.522. The smallest absolute Gasteiger partial charge is 0.319 e. The van der Waals surface area contributed by atoms with Gasteiger partial charge in [0, 0.05) is 45.5 Å². The van der Waals surface area contributed by atoms with E-state index in [2.05, 4.69) is 32.3 Å². The van der Waals surface area contributed by atoms with E-state index in [4.69, 9.17) is 11.6 Å². The van der Waals surface area contributed by atoms with Crippen molar-refractivity contribution in [2.45, 2.75) is 6.92 Å². The predicted octanol–water partition coefficient (Wildman–Crippen LogP) is 1.49. The molecule has 21 heavy (non-hydrogen) atoms. The number of anilines is 1. The molecule has 7 heteroatoms. The maximum absolute atomic E-state index is 11.8. The Balaban J connectivity index is 1.65. The predicted molar refractivity (Wildman–Crippen MR) is 84.8 cm³/mol. The number of carbonyl (C=O) groups excluding carboxylic acids is 1. The van der Waals surface area contributed by atoms with Crippen molar-refractivity contribution in [1.82, 2.24) is 20.1 Å². The summed E-state index contributed by atoms with van der Waals surface area (Å²) in [6.07, 6.45) is 1.58. The molecule has 0 atom stereocenters.